The van der Waals surface area contributed by atoms with Gasteiger partial charge >= 0.3 is 0 Å². The number of piperidine rings is 1. The Hall–Kier alpha value is -2.30. The van der Waals surface area contributed by atoms with Crippen LogP contribution in [0.4, 0.5) is 5.82 Å². The Morgan fingerprint density at radius 1 is 0.935 bits per heavy atom. The van der Waals surface area contributed by atoms with Gasteiger partial charge in [0.15, 0.2) is 0 Å². The molecular weight excluding hydrogens is 429 g/mol. The first-order valence-electron chi connectivity index (χ1n) is 10.7. The second-order valence-corrected chi connectivity index (χ2v) is 9.72. The third-order valence-corrected chi connectivity index (χ3v) is 7.80. The van der Waals surface area contributed by atoms with E-state index in [9.17, 15) is 4.79 Å². The van der Waals surface area contributed by atoms with E-state index in [1.165, 1.54) is 11.1 Å². The Bertz CT molecular complexity index is 1200. The van der Waals surface area contributed by atoms with Crippen molar-refractivity contribution in [2.45, 2.75) is 39.5 Å². The normalized spacial score (nSPS) is 17.2. The summed E-state index contributed by atoms with van der Waals surface area (Å²) in [4.78, 5) is 20.4. The van der Waals surface area contributed by atoms with E-state index >= 15 is 0 Å². The smallest absolute Gasteiger partial charge is 0.263 e. The van der Waals surface area contributed by atoms with Crippen LogP contribution >= 0.6 is 23.2 Å². The summed E-state index contributed by atoms with van der Waals surface area (Å²) in [6, 6.07) is 14.1. The van der Waals surface area contributed by atoms with Gasteiger partial charge in [0.05, 0.1) is 21.3 Å². The quantitative estimate of drug-likeness (QED) is 0.510. The van der Waals surface area contributed by atoms with E-state index in [0.717, 1.165) is 44.6 Å². The number of hydrogen-bond donors (Lipinski definition) is 0. The van der Waals surface area contributed by atoms with Gasteiger partial charge < -0.3 is 4.90 Å². The molecule has 5 rings (SSSR count). The Morgan fingerprint density at radius 2 is 1.58 bits per heavy atom. The maximum absolute atomic E-state index is 13.3. The molecule has 0 saturated carbocycles. The van der Waals surface area contributed by atoms with Crippen molar-refractivity contribution in [2.24, 2.45) is 5.41 Å². The number of aromatic nitrogens is 2. The number of benzene rings is 2. The van der Waals surface area contributed by atoms with Crippen LogP contribution in [0.1, 0.15) is 35.4 Å². The first-order chi connectivity index (χ1) is 14.9. The Balaban J connectivity index is 1.43. The fourth-order valence-electron chi connectivity index (χ4n) is 5.27. The molecular formula is C25H25Cl2N3O. The van der Waals surface area contributed by atoms with E-state index in [1.807, 2.05) is 13.8 Å². The topological polar surface area (TPSA) is 38.1 Å². The van der Waals surface area contributed by atoms with Crippen molar-refractivity contribution in [3.63, 3.8) is 0 Å². The molecule has 0 radical (unpaired) electrons. The molecule has 2 aromatic carbocycles. The molecule has 1 fully saturated rings. The predicted molar refractivity (Wildman–Crippen MR) is 127 cm³/mol. The van der Waals surface area contributed by atoms with Gasteiger partial charge in [0.2, 0.25) is 0 Å². The highest BCUT2D eigenvalue weighted by atomic mass is 35.5. The van der Waals surface area contributed by atoms with Crippen molar-refractivity contribution in [1.82, 2.24) is 9.55 Å². The molecule has 2 heterocycles. The summed E-state index contributed by atoms with van der Waals surface area (Å²) < 4.78 is 1.56. The van der Waals surface area contributed by atoms with Gasteiger partial charge in [-0.1, -0.05) is 53.5 Å². The lowest BCUT2D eigenvalue weighted by atomic mass is 9.76. The van der Waals surface area contributed by atoms with E-state index in [1.54, 1.807) is 22.8 Å². The standard InChI is InChI=1S/C25H25Cl2N3O/c1-16-23(28-17(2)30(24(16)31)21-9-5-8-20(26)22(21)27)29-12-10-25(11-13-29)14-18-6-3-4-7-19(18)15-25/h3-9H,10-15H2,1-2H3. The molecule has 0 N–H and O–H groups in total. The van der Waals surface area contributed by atoms with Crippen molar-refractivity contribution >= 4 is 29.0 Å². The second-order valence-electron chi connectivity index (χ2n) is 8.93. The molecule has 1 spiro atoms. The number of rotatable bonds is 2. The van der Waals surface area contributed by atoms with E-state index < -0.39 is 0 Å². The Kier molecular flexibility index (Phi) is 5.10. The number of fused-ring (bicyclic) bond motifs is 1. The summed E-state index contributed by atoms with van der Waals surface area (Å²) in [5.41, 5.74) is 4.48. The highest BCUT2D eigenvalue weighted by Gasteiger charge is 2.40. The van der Waals surface area contributed by atoms with Crippen LogP contribution in [-0.4, -0.2) is 22.6 Å². The zero-order chi connectivity index (χ0) is 21.8. The van der Waals surface area contributed by atoms with Crippen LogP contribution in [0.3, 0.4) is 0 Å². The van der Waals surface area contributed by atoms with Crippen molar-refractivity contribution in [3.05, 3.63) is 85.4 Å². The molecule has 6 heteroatoms. The molecule has 0 unspecified atom stereocenters. The van der Waals surface area contributed by atoms with Gasteiger partial charge in [0.1, 0.15) is 11.6 Å². The maximum Gasteiger partial charge on any atom is 0.263 e. The highest BCUT2D eigenvalue weighted by molar-refractivity contribution is 6.43. The summed E-state index contributed by atoms with van der Waals surface area (Å²) in [6.45, 7) is 5.54. The number of nitrogens with zero attached hydrogens (tertiary/aromatic N) is 3. The van der Waals surface area contributed by atoms with Crippen LogP contribution in [0, 0.1) is 19.3 Å². The lowest BCUT2D eigenvalue weighted by molar-refractivity contribution is 0.232. The highest BCUT2D eigenvalue weighted by Crippen LogP contribution is 2.45. The van der Waals surface area contributed by atoms with Crippen LogP contribution in [0.2, 0.25) is 10.0 Å². The van der Waals surface area contributed by atoms with E-state index in [4.69, 9.17) is 28.2 Å². The van der Waals surface area contributed by atoms with Gasteiger partial charge in [0.25, 0.3) is 5.56 Å². The van der Waals surface area contributed by atoms with Crippen molar-refractivity contribution in [1.29, 1.82) is 0 Å². The Labute approximate surface area is 192 Å². The fourth-order valence-corrected chi connectivity index (χ4v) is 5.65. The van der Waals surface area contributed by atoms with E-state index in [-0.39, 0.29) is 5.56 Å². The van der Waals surface area contributed by atoms with Gasteiger partial charge in [0, 0.05) is 13.1 Å². The molecule has 4 nitrogen and oxygen atoms in total. The summed E-state index contributed by atoms with van der Waals surface area (Å²) >= 11 is 12.6. The molecule has 0 atom stereocenters. The molecule has 1 aliphatic carbocycles. The summed E-state index contributed by atoms with van der Waals surface area (Å²) in [7, 11) is 0. The zero-order valence-corrected chi connectivity index (χ0v) is 19.3. The number of aryl methyl sites for hydroxylation is 1. The van der Waals surface area contributed by atoms with Crippen LogP contribution in [0.5, 0.6) is 0 Å². The van der Waals surface area contributed by atoms with Crippen LogP contribution in [0.25, 0.3) is 5.69 Å². The predicted octanol–water partition coefficient (Wildman–Crippen LogP) is 5.54. The molecule has 3 aromatic rings. The van der Waals surface area contributed by atoms with Crippen LogP contribution in [-0.2, 0) is 12.8 Å². The average molecular weight is 454 g/mol. The summed E-state index contributed by atoms with van der Waals surface area (Å²) in [5, 5.41) is 0.787. The monoisotopic (exact) mass is 453 g/mol. The van der Waals surface area contributed by atoms with Gasteiger partial charge in [-0.25, -0.2) is 4.98 Å². The first-order valence-corrected chi connectivity index (χ1v) is 11.5. The SMILES string of the molecule is Cc1c(N2CCC3(CC2)Cc2ccccc2C3)nc(C)n(-c2cccc(Cl)c2Cl)c1=O. The Morgan fingerprint density at radius 3 is 2.23 bits per heavy atom. The minimum Gasteiger partial charge on any atom is -0.356 e. The number of halogens is 2. The van der Waals surface area contributed by atoms with Gasteiger partial charge in [-0.2, -0.15) is 0 Å². The van der Waals surface area contributed by atoms with Crippen molar-refractivity contribution < 1.29 is 0 Å². The first kappa shape index (κ1) is 20.6. The lowest BCUT2D eigenvalue weighted by Crippen LogP contribution is -2.42. The van der Waals surface area contributed by atoms with E-state index in [2.05, 4.69) is 29.2 Å². The maximum atomic E-state index is 13.3. The summed E-state index contributed by atoms with van der Waals surface area (Å²) in [6.07, 6.45) is 4.56. The third kappa shape index (κ3) is 3.46. The van der Waals surface area contributed by atoms with Gasteiger partial charge in [-0.15, -0.1) is 0 Å². The van der Waals surface area contributed by atoms with Gasteiger partial charge in [-0.05, 0) is 68.2 Å². The molecule has 31 heavy (non-hydrogen) atoms. The fraction of sp³-hybridized carbons (Fsp3) is 0.360. The van der Waals surface area contributed by atoms with Crippen molar-refractivity contribution in [3.8, 4) is 5.69 Å². The molecule has 1 aliphatic heterocycles. The summed E-state index contributed by atoms with van der Waals surface area (Å²) in [5.74, 6) is 1.41. The second kappa shape index (κ2) is 7.68. The molecule has 1 aromatic heterocycles. The van der Waals surface area contributed by atoms with E-state index in [0.29, 0.717) is 32.5 Å². The van der Waals surface area contributed by atoms with Crippen molar-refractivity contribution in [2.75, 3.05) is 18.0 Å². The van der Waals surface area contributed by atoms with Crippen LogP contribution in [0.15, 0.2) is 47.3 Å². The molecule has 0 amide bonds. The number of anilines is 1. The minimum atomic E-state index is -0.0970. The number of hydrogen-bond acceptors (Lipinski definition) is 3. The van der Waals surface area contributed by atoms with Gasteiger partial charge in [-0.3, -0.25) is 9.36 Å². The molecule has 1 saturated heterocycles. The lowest BCUT2D eigenvalue weighted by Gasteiger charge is -2.40. The molecule has 0 bridgehead atoms. The minimum absolute atomic E-state index is 0.0970. The largest absolute Gasteiger partial charge is 0.356 e. The molecule has 160 valence electrons. The van der Waals surface area contributed by atoms with Crippen LogP contribution < -0.4 is 10.5 Å². The third-order valence-electron chi connectivity index (χ3n) is 7.00. The zero-order valence-electron chi connectivity index (χ0n) is 17.8. The molecule has 2 aliphatic rings. The average Bonchev–Trinajstić information content (AvgIpc) is 3.12.